The van der Waals surface area contributed by atoms with Crippen molar-refractivity contribution in [1.29, 1.82) is 0 Å². The number of hydrogen-bond acceptors (Lipinski definition) is 2. The van der Waals surface area contributed by atoms with E-state index < -0.39 is 5.60 Å². The van der Waals surface area contributed by atoms with Crippen molar-refractivity contribution in [3.05, 3.63) is 71.8 Å². The van der Waals surface area contributed by atoms with Gasteiger partial charge in [-0.1, -0.05) is 60.7 Å². The van der Waals surface area contributed by atoms with E-state index in [-0.39, 0.29) is 0 Å². The van der Waals surface area contributed by atoms with Gasteiger partial charge in [-0.05, 0) is 43.0 Å². The zero-order chi connectivity index (χ0) is 16.4. The molecule has 1 atom stereocenters. The Morgan fingerprint density at radius 3 is 1.75 bits per heavy atom. The van der Waals surface area contributed by atoms with Crippen LogP contribution in [0.5, 0.6) is 0 Å². The van der Waals surface area contributed by atoms with Crippen LogP contribution in [-0.4, -0.2) is 35.2 Å². The van der Waals surface area contributed by atoms with Crippen molar-refractivity contribution in [1.82, 2.24) is 4.90 Å². The molecular formula is C22H27NO. The molecule has 0 aliphatic carbocycles. The summed E-state index contributed by atoms with van der Waals surface area (Å²) in [5.74, 6) is 1.05. The van der Waals surface area contributed by atoms with Crippen LogP contribution < -0.4 is 0 Å². The highest BCUT2D eigenvalue weighted by atomic mass is 16.3. The lowest BCUT2D eigenvalue weighted by molar-refractivity contribution is -0.0956. The normalized spacial score (nSPS) is 26.5. The van der Waals surface area contributed by atoms with Gasteiger partial charge in [0.2, 0.25) is 0 Å². The van der Waals surface area contributed by atoms with Crippen molar-refractivity contribution in [3.63, 3.8) is 0 Å². The summed E-state index contributed by atoms with van der Waals surface area (Å²) in [6.07, 6.45) is 3.99. The van der Waals surface area contributed by atoms with Gasteiger partial charge in [0.25, 0.3) is 0 Å². The summed E-state index contributed by atoms with van der Waals surface area (Å²) in [6, 6.07) is 21.0. The zero-order valence-electron chi connectivity index (χ0n) is 14.3. The highest BCUT2D eigenvalue weighted by molar-refractivity contribution is 5.23. The standard InChI is InChI=1S/C22H27NO/c24-22(15-18-7-3-1-4-8-18,16-19-9-5-2-6-10-19)21-17-23-13-11-20(21)12-14-23/h1-10,20-21,24H,11-17H2. The smallest absolute Gasteiger partial charge is 0.0770 e. The molecular weight excluding hydrogens is 294 g/mol. The molecule has 0 radical (unpaired) electrons. The van der Waals surface area contributed by atoms with E-state index in [0.717, 1.165) is 19.4 Å². The second kappa shape index (κ2) is 6.70. The molecule has 3 aliphatic heterocycles. The summed E-state index contributed by atoms with van der Waals surface area (Å²) in [7, 11) is 0. The van der Waals surface area contributed by atoms with Crippen molar-refractivity contribution >= 4 is 0 Å². The van der Waals surface area contributed by atoms with Gasteiger partial charge in [0.05, 0.1) is 5.60 Å². The number of aliphatic hydroxyl groups is 1. The van der Waals surface area contributed by atoms with Crippen molar-refractivity contribution in [2.24, 2.45) is 11.8 Å². The Balaban J connectivity index is 1.63. The number of piperidine rings is 3. The minimum atomic E-state index is -0.660. The van der Waals surface area contributed by atoms with E-state index in [4.69, 9.17) is 0 Å². The summed E-state index contributed by atoms with van der Waals surface area (Å²) < 4.78 is 0. The maximum Gasteiger partial charge on any atom is 0.0770 e. The van der Waals surface area contributed by atoms with Crippen molar-refractivity contribution < 1.29 is 5.11 Å². The van der Waals surface area contributed by atoms with Gasteiger partial charge in [-0.2, -0.15) is 0 Å². The van der Waals surface area contributed by atoms with Gasteiger partial charge in [-0.15, -0.1) is 0 Å². The van der Waals surface area contributed by atoms with Crippen LogP contribution in [0.1, 0.15) is 24.0 Å². The Labute approximate surface area is 145 Å². The molecule has 2 aromatic rings. The highest BCUT2D eigenvalue weighted by Crippen LogP contribution is 2.41. The number of rotatable bonds is 5. The maximum atomic E-state index is 11.8. The fourth-order valence-corrected chi connectivity index (χ4v) is 4.80. The molecule has 2 nitrogen and oxygen atoms in total. The minimum Gasteiger partial charge on any atom is -0.389 e. The van der Waals surface area contributed by atoms with Crippen LogP contribution >= 0.6 is 0 Å². The first kappa shape index (κ1) is 15.9. The largest absolute Gasteiger partial charge is 0.389 e. The predicted molar refractivity (Wildman–Crippen MR) is 97.9 cm³/mol. The first-order valence-electron chi connectivity index (χ1n) is 9.25. The molecule has 1 N–H and O–H groups in total. The number of fused-ring (bicyclic) bond motifs is 3. The van der Waals surface area contributed by atoms with E-state index in [0.29, 0.717) is 11.8 Å². The molecule has 0 spiro atoms. The summed E-state index contributed by atoms with van der Waals surface area (Å²) in [5.41, 5.74) is 1.83. The molecule has 2 heteroatoms. The molecule has 0 amide bonds. The average Bonchev–Trinajstić information content (AvgIpc) is 2.64. The molecule has 3 aliphatic rings. The summed E-state index contributed by atoms with van der Waals surface area (Å²) in [4.78, 5) is 2.55. The van der Waals surface area contributed by atoms with E-state index in [2.05, 4.69) is 53.4 Å². The van der Waals surface area contributed by atoms with Crippen LogP contribution in [0.15, 0.2) is 60.7 Å². The van der Waals surface area contributed by atoms with Crippen LogP contribution in [0, 0.1) is 11.8 Å². The van der Waals surface area contributed by atoms with Crippen molar-refractivity contribution in [3.8, 4) is 0 Å². The highest BCUT2D eigenvalue weighted by Gasteiger charge is 2.46. The second-order valence-electron chi connectivity index (χ2n) is 7.67. The summed E-state index contributed by atoms with van der Waals surface area (Å²) in [5, 5.41) is 11.8. The first-order valence-corrected chi connectivity index (χ1v) is 9.25. The van der Waals surface area contributed by atoms with Gasteiger partial charge in [0, 0.05) is 25.3 Å². The molecule has 3 saturated heterocycles. The molecule has 2 bridgehead atoms. The van der Waals surface area contributed by atoms with Crippen molar-refractivity contribution in [2.45, 2.75) is 31.3 Å². The number of nitrogens with zero attached hydrogens (tertiary/aromatic N) is 1. The quantitative estimate of drug-likeness (QED) is 0.910. The molecule has 0 aromatic heterocycles. The van der Waals surface area contributed by atoms with Crippen LogP contribution in [0.25, 0.3) is 0 Å². The third-order valence-corrected chi connectivity index (χ3v) is 6.05. The van der Waals surface area contributed by atoms with E-state index in [9.17, 15) is 5.11 Å². The maximum absolute atomic E-state index is 11.8. The molecule has 126 valence electrons. The lowest BCUT2D eigenvalue weighted by Crippen LogP contribution is -2.57. The van der Waals surface area contributed by atoms with Gasteiger partial charge in [-0.25, -0.2) is 0 Å². The first-order chi connectivity index (χ1) is 11.7. The zero-order valence-corrected chi connectivity index (χ0v) is 14.3. The second-order valence-corrected chi connectivity index (χ2v) is 7.67. The average molecular weight is 321 g/mol. The SMILES string of the molecule is OC(Cc1ccccc1)(Cc1ccccc1)C1CN2CCC1CC2. The fourth-order valence-electron chi connectivity index (χ4n) is 4.80. The molecule has 24 heavy (non-hydrogen) atoms. The van der Waals surface area contributed by atoms with E-state index in [1.54, 1.807) is 0 Å². The van der Waals surface area contributed by atoms with Crippen LogP contribution in [0.2, 0.25) is 0 Å². The molecule has 3 fully saturated rings. The van der Waals surface area contributed by atoms with Gasteiger partial charge in [0.15, 0.2) is 0 Å². The van der Waals surface area contributed by atoms with E-state index in [1.807, 2.05) is 12.1 Å². The van der Waals surface area contributed by atoms with Gasteiger partial charge in [-0.3, -0.25) is 0 Å². The fraction of sp³-hybridized carbons (Fsp3) is 0.455. The lowest BCUT2D eigenvalue weighted by atomic mass is 9.66. The summed E-state index contributed by atoms with van der Waals surface area (Å²) in [6.45, 7) is 3.49. The van der Waals surface area contributed by atoms with E-state index >= 15 is 0 Å². The monoisotopic (exact) mass is 321 g/mol. The third-order valence-electron chi connectivity index (χ3n) is 6.05. The molecule has 0 saturated carbocycles. The minimum absolute atomic E-state index is 0.375. The Morgan fingerprint density at radius 2 is 1.33 bits per heavy atom. The molecule has 1 unspecified atom stereocenters. The summed E-state index contributed by atoms with van der Waals surface area (Å²) >= 11 is 0. The van der Waals surface area contributed by atoms with Crippen LogP contribution in [0.4, 0.5) is 0 Å². The number of benzene rings is 2. The Morgan fingerprint density at radius 1 is 0.833 bits per heavy atom. The van der Waals surface area contributed by atoms with Crippen molar-refractivity contribution in [2.75, 3.05) is 19.6 Å². The van der Waals surface area contributed by atoms with Gasteiger partial charge >= 0.3 is 0 Å². The van der Waals surface area contributed by atoms with Gasteiger partial charge in [0.1, 0.15) is 0 Å². The Bertz CT molecular complexity index is 605. The Hall–Kier alpha value is -1.64. The van der Waals surface area contributed by atoms with Crippen LogP contribution in [0.3, 0.4) is 0 Å². The van der Waals surface area contributed by atoms with E-state index in [1.165, 1.54) is 37.1 Å². The van der Waals surface area contributed by atoms with Crippen LogP contribution in [-0.2, 0) is 12.8 Å². The number of hydrogen-bond donors (Lipinski definition) is 1. The topological polar surface area (TPSA) is 23.5 Å². The Kier molecular flexibility index (Phi) is 4.43. The van der Waals surface area contributed by atoms with Gasteiger partial charge < -0.3 is 10.0 Å². The molecule has 3 heterocycles. The molecule has 5 rings (SSSR count). The lowest BCUT2D eigenvalue weighted by Gasteiger charge is -2.51. The third kappa shape index (κ3) is 3.26. The predicted octanol–water partition coefficient (Wildman–Crippen LogP) is 3.54. The molecule has 2 aromatic carbocycles.